The van der Waals surface area contributed by atoms with Gasteiger partial charge in [-0.25, -0.2) is 0 Å². The van der Waals surface area contributed by atoms with E-state index >= 15 is 0 Å². The zero-order valence-corrected chi connectivity index (χ0v) is 43.7. The number of para-hydroxylation sites is 2. The summed E-state index contributed by atoms with van der Waals surface area (Å²) in [6.45, 7) is 28.9. The van der Waals surface area contributed by atoms with Crippen molar-refractivity contribution in [3.63, 3.8) is 0 Å². The van der Waals surface area contributed by atoms with Crippen LogP contribution in [0.5, 0.6) is 0 Å². The molecule has 0 bridgehead atoms. The second-order valence-corrected chi connectivity index (χ2v) is 16.4. The van der Waals surface area contributed by atoms with Crippen LogP contribution < -0.4 is 0 Å². The molecule has 1 heterocycles. The van der Waals surface area contributed by atoms with Crippen molar-refractivity contribution >= 4 is 56.6 Å². The minimum absolute atomic E-state index is 0. The zero-order chi connectivity index (χ0) is 41.1. The van der Waals surface area contributed by atoms with Gasteiger partial charge in [-0.1, -0.05) is 169 Å². The molecular weight excluding hydrogens is 845 g/mol. The van der Waals surface area contributed by atoms with E-state index < -0.39 is 22.2 Å². The Morgan fingerprint density at radius 2 is 0.839 bits per heavy atom. The minimum atomic E-state index is -1.82. The average Bonchev–Trinajstić information content (AvgIpc) is 3.08. The number of allylic oxidation sites excluding steroid dienone is 4. The molecule has 0 fully saturated rings. The van der Waals surface area contributed by atoms with Gasteiger partial charge in [0, 0.05) is 22.9 Å². The quantitative estimate of drug-likeness (QED) is 0.0898. The zero-order valence-electron chi connectivity index (χ0n) is 36.2. The number of hydrogen-bond acceptors (Lipinski definition) is 7. The summed E-state index contributed by atoms with van der Waals surface area (Å²) < 4.78 is 37.5. The number of benzene rings is 2. The molecule has 2 aromatic carbocycles. The summed E-state index contributed by atoms with van der Waals surface area (Å²) in [5, 5.41) is 9.52. The number of rotatable bonds is 14. The molecule has 0 aliphatic rings. The average molecular weight is 907 g/mol. The van der Waals surface area contributed by atoms with Gasteiger partial charge in [0.05, 0.1) is 11.4 Å². The molecule has 1 aromatic heterocycles. The standard InChI is InChI=1S/C39H51N5.2C2H6O2S.2Zn/c1-24(2)32-16-13-17-33(25(3)4)38(32)42-30(11)22-28(9)40-36-20-15-21-37(44-36)41-29(10)23-31(12)43-39-34(26(5)6)18-14-19-35(39)27(7)8;2*1-2-5(3)4;;/h13-27H,1-12H3;2*2H2,1H3,(H,3,4);;/q-2;;;2*+2/p-2/b28-22-,29-23-,42-30?,43-31?;;;;. The Balaban J connectivity index is 0. The summed E-state index contributed by atoms with van der Waals surface area (Å²) in [5.74, 6) is 3.25. The maximum atomic E-state index is 9.37. The fourth-order valence-corrected chi connectivity index (χ4v) is 5.27. The van der Waals surface area contributed by atoms with Gasteiger partial charge in [-0.15, -0.1) is 0 Å². The molecule has 0 N–H and O–H groups in total. The van der Waals surface area contributed by atoms with Crippen LogP contribution in [0.25, 0.3) is 10.6 Å². The maximum absolute atomic E-state index is 9.37. The third-order valence-electron chi connectivity index (χ3n) is 7.87. The van der Waals surface area contributed by atoms with Crippen molar-refractivity contribution in [2.75, 3.05) is 11.5 Å². The molecule has 3 aromatic rings. The van der Waals surface area contributed by atoms with Crippen LogP contribution in [0, 0.1) is 0 Å². The van der Waals surface area contributed by atoms with E-state index in [0.717, 1.165) is 34.2 Å². The van der Waals surface area contributed by atoms with Crippen LogP contribution in [-0.2, 0) is 61.1 Å². The Bertz CT molecular complexity index is 1640. The molecule has 13 heteroatoms. The van der Waals surface area contributed by atoms with Gasteiger partial charge in [-0.05, 0) is 85.8 Å². The molecule has 0 radical (unpaired) electrons. The Kier molecular flexibility index (Phi) is 28.6. The number of aromatic nitrogens is 1. The van der Waals surface area contributed by atoms with Crippen molar-refractivity contribution < 1.29 is 56.5 Å². The maximum Gasteiger partial charge on any atom is 2.00 e. The van der Waals surface area contributed by atoms with Crippen molar-refractivity contribution in [2.24, 2.45) is 9.98 Å². The Labute approximate surface area is 368 Å². The topological polar surface area (TPSA) is 146 Å². The van der Waals surface area contributed by atoms with Crippen molar-refractivity contribution in [1.82, 2.24) is 4.98 Å². The van der Waals surface area contributed by atoms with E-state index in [2.05, 4.69) is 96.8 Å². The number of nitrogens with zero attached hydrogens (tertiary/aromatic N) is 5. The van der Waals surface area contributed by atoms with Gasteiger partial charge in [0.2, 0.25) is 0 Å². The largest absolute Gasteiger partial charge is 2.00 e. The Morgan fingerprint density at radius 1 is 0.589 bits per heavy atom. The summed E-state index contributed by atoms with van der Waals surface area (Å²) >= 11 is -3.65. The molecule has 0 amide bonds. The van der Waals surface area contributed by atoms with Crippen LogP contribution in [0.1, 0.15) is 143 Å². The fourth-order valence-electron chi connectivity index (χ4n) is 5.27. The van der Waals surface area contributed by atoms with E-state index in [4.69, 9.17) is 20.6 Å². The second kappa shape index (κ2) is 28.8. The van der Waals surface area contributed by atoms with E-state index in [1.807, 2.05) is 58.0 Å². The van der Waals surface area contributed by atoms with E-state index in [9.17, 15) is 17.5 Å². The molecule has 0 spiro atoms. The summed E-state index contributed by atoms with van der Waals surface area (Å²) in [5.41, 5.74) is 10.7. The Morgan fingerprint density at radius 3 is 1.07 bits per heavy atom. The van der Waals surface area contributed by atoms with Gasteiger partial charge in [-0.3, -0.25) is 18.4 Å². The molecule has 3 rings (SSSR count). The third-order valence-corrected chi connectivity index (χ3v) is 8.81. The molecule has 0 saturated heterocycles. The van der Waals surface area contributed by atoms with Gasteiger partial charge < -0.3 is 24.7 Å². The number of aliphatic imine (C=N–C) groups is 2. The van der Waals surface area contributed by atoms with Crippen LogP contribution in [0.15, 0.2) is 88.1 Å². The third kappa shape index (κ3) is 20.8. The first kappa shape index (κ1) is 55.6. The molecule has 56 heavy (non-hydrogen) atoms. The summed E-state index contributed by atoms with van der Waals surface area (Å²) in [6, 6.07) is 18.7. The van der Waals surface area contributed by atoms with Gasteiger partial charge in [-0.2, -0.15) is 0 Å². The monoisotopic (exact) mass is 903 g/mol. The van der Waals surface area contributed by atoms with Gasteiger partial charge >= 0.3 is 39.0 Å². The van der Waals surface area contributed by atoms with E-state index in [0.29, 0.717) is 35.3 Å². The smallest absolute Gasteiger partial charge is 0.772 e. The number of hydrogen-bond donors (Lipinski definition) is 0. The first-order chi connectivity index (χ1) is 25.3. The van der Waals surface area contributed by atoms with E-state index in [1.165, 1.54) is 22.3 Å². The fraction of sp³-hybridized carbons (Fsp3) is 0.465. The van der Waals surface area contributed by atoms with Crippen molar-refractivity contribution in [3.8, 4) is 0 Å². The first-order valence-corrected chi connectivity index (χ1v) is 21.0. The summed E-state index contributed by atoms with van der Waals surface area (Å²) in [4.78, 5) is 14.8. The summed E-state index contributed by atoms with van der Waals surface area (Å²) in [6.07, 6.45) is 4.02. The SMILES string of the molecule is CC(/C=C(/C)[N-]c1cccc([N-]/C(C)=C\C(C)=Nc2c(C(C)C)cccc2C(C)C)n1)=Nc1c(C(C)C)cccc1C(C)C.CCS(=O)[O-].CCS(=O)[O-].[Zn+2].[Zn+2]. The van der Waals surface area contributed by atoms with E-state index in [-0.39, 0.29) is 50.5 Å². The second-order valence-electron chi connectivity index (χ2n) is 14.0. The van der Waals surface area contributed by atoms with Crippen LogP contribution in [0.4, 0.5) is 23.0 Å². The minimum Gasteiger partial charge on any atom is -0.772 e. The van der Waals surface area contributed by atoms with Crippen molar-refractivity contribution in [2.45, 2.75) is 121 Å². The molecule has 0 aliphatic heterocycles. The van der Waals surface area contributed by atoms with Gasteiger partial charge in [0.25, 0.3) is 0 Å². The number of pyridine rings is 1. The Hall–Kier alpha value is -2.52. The molecule has 0 aliphatic carbocycles. The molecule has 9 nitrogen and oxygen atoms in total. The van der Waals surface area contributed by atoms with Crippen LogP contribution in [0.2, 0.25) is 0 Å². The van der Waals surface area contributed by atoms with Crippen molar-refractivity contribution in [1.29, 1.82) is 0 Å². The van der Waals surface area contributed by atoms with Gasteiger partial charge in [0.15, 0.2) is 0 Å². The molecular formula is C43H61N5O4S2Zn2. The van der Waals surface area contributed by atoms with Crippen LogP contribution >= 0.6 is 0 Å². The molecule has 2 atom stereocenters. The predicted molar refractivity (Wildman–Crippen MR) is 231 cm³/mol. The van der Waals surface area contributed by atoms with Gasteiger partial charge in [0.1, 0.15) is 0 Å². The van der Waals surface area contributed by atoms with E-state index in [1.54, 1.807) is 13.8 Å². The van der Waals surface area contributed by atoms with Crippen LogP contribution in [-0.4, -0.2) is 45.4 Å². The molecule has 2 unspecified atom stereocenters. The first-order valence-electron chi connectivity index (χ1n) is 18.6. The normalized spacial score (nSPS) is 13.2. The molecule has 298 valence electrons. The molecule has 0 saturated carbocycles. The van der Waals surface area contributed by atoms with Crippen molar-refractivity contribution in [3.05, 3.63) is 111 Å². The summed E-state index contributed by atoms with van der Waals surface area (Å²) in [7, 11) is 0. The van der Waals surface area contributed by atoms with Crippen LogP contribution in [0.3, 0.4) is 0 Å². The predicted octanol–water partition coefficient (Wildman–Crippen LogP) is 12.7.